The minimum atomic E-state index is -0.327. The molecule has 20 heavy (non-hydrogen) atoms. The first-order valence-electron chi connectivity index (χ1n) is 6.26. The minimum Gasteiger partial charge on any atom is -0.468 e. The monoisotopic (exact) mass is 291 g/mol. The first-order valence-corrected chi connectivity index (χ1v) is 7.14. The highest BCUT2D eigenvalue weighted by atomic mass is 32.2. The van der Waals surface area contributed by atoms with Gasteiger partial charge >= 0.3 is 5.97 Å². The number of esters is 1. The third-order valence-corrected chi connectivity index (χ3v) is 3.89. The second kappa shape index (κ2) is 6.09. The van der Waals surface area contributed by atoms with Gasteiger partial charge in [0.25, 0.3) is 0 Å². The van der Waals surface area contributed by atoms with E-state index in [2.05, 4.69) is 16.3 Å². The Hall–Kier alpha value is -1.82. The van der Waals surface area contributed by atoms with Gasteiger partial charge in [-0.1, -0.05) is 23.9 Å². The van der Waals surface area contributed by atoms with Gasteiger partial charge < -0.3 is 4.74 Å². The summed E-state index contributed by atoms with van der Waals surface area (Å²) in [6.45, 7) is 5.72. The highest BCUT2D eigenvalue weighted by Gasteiger charge is 2.20. The maximum absolute atomic E-state index is 11.5. The van der Waals surface area contributed by atoms with Crippen LogP contribution >= 0.6 is 11.8 Å². The fourth-order valence-corrected chi connectivity index (χ4v) is 2.80. The molecule has 0 aliphatic heterocycles. The molecule has 1 heterocycles. The summed E-state index contributed by atoms with van der Waals surface area (Å²) in [4.78, 5) is 11.5. The number of rotatable bonds is 4. The molecule has 1 aromatic carbocycles. The number of methoxy groups -OCH3 is 1. The quantitative estimate of drug-likeness (QED) is 0.640. The predicted molar refractivity (Wildman–Crippen MR) is 78.2 cm³/mol. The summed E-state index contributed by atoms with van der Waals surface area (Å²) >= 11 is 1.34. The summed E-state index contributed by atoms with van der Waals surface area (Å²) in [7, 11) is 1.38. The van der Waals surface area contributed by atoms with Gasteiger partial charge in [0.05, 0.1) is 7.11 Å². The van der Waals surface area contributed by atoms with Crippen molar-refractivity contribution in [3.63, 3.8) is 0 Å². The SMILES string of the molecule is COC(=O)[C@@H](C)Sc1nnc(C)n1-c1cccc(C)c1. The van der Waals surface area contributed by atoms with E-state index in [-0.39, 0.29) is 11.2 Å². The van der Waals surface area contributed by atoms with E-state index in [1.165, 1.54) is 18.9 Å². The second-order valence-corrected chi connectivity index (χ2v) is 5.80. The van der Waals surface area contributed by atoms with E-state index in [1.54, 1.807) is 6.92 Å². The first-order chi connectivity index (χ1) is 9.52. The van der Waals surface area contributed by atoms with Crippen LogP contribution in [0.5, 0.6) is 0 Å². The molecule has 0 bridgehead atoms. The summed E-state index contributed by atoms with van der Waals surface area (Å²) in [5.74, 6) is 0.515. The molecule has 0 saturated carbocycles. The Bertz CT molecular complexity index is 625. The number of nitrogens with zero attached hydrogens (tertiary/aromatic N) is 3. The molecular weight excluding hydrogens is 274 g/mol. The van der Waals surface area contributed by atoms with Crippen LogP contribution in [0.2, 0.25) is 0 Å². The van der Waals surface area contributed by atoms with Gasteiger partial charge in [-0.3, -0.25) is 9.36 Å². The van der Waals surface area contributed by atoms with Crippen molar-refractivity contribution in [3.8, 4) is 5.69 Å². The number of ether oxygens (including phenoxy) is 1. The van der Waals surface area contributed by atoms with E-state index in [9.17, 15) is 4.79 Å². The van der Waals surface area contributed by atoms with Crippen LogP contribution in [0.4, 0.5) is 0 Å². The van der Waals surface area contributed by atoms with Crippen molar-refractivity contribution in [2.75, 3.05) is 7.11 Å². The maximum atomic E-state index is 11.5. The van der Waals surface area contributed by atoms with Crippen LogP contribution in [-0.2, 0) is 9.53 Å². The van der Waals surface area contributed by atoms with Crippen LogP contribution in [0.3, 0.4) is 0 Å². The van der Waals surface area contributed by atoms with Gasteiger partial charge in [0.2, 0.25) is 0 Å². The number of hydrogen-bond donors (Lipinski definition) is 0. The molecule has 0 saturated heterocycles. The molecule has 0 amide bonds. The van der Waals surface area contributed by atoms with Crippen LogP contribution in [0.15, 0.2) is 29.4 Å². The summed E-state index contributed by atoms with van der Waals surface area (Å²) in [6, 6.07) is 8.08. The van der Waals surface area contributed by atoms with Crippen LogP contribution in [0.1, 0.15) is 18.3 Å². The highest BCUT2D eigenvalue weighted by molar-refractivity contribution is 8.00. The van der Waals surface area contributed by atoms with E-state index in [0.717, 1.165) is 17.1 Å². The third-order valence-electron chi connectivity index (χ3n) is 2.87. The molecule has 2 aromatic rings. The summed E-state index contributed by atoms with van der Waals surface area (Å²) < 4.78 is 6.68. The summed E-state index contributed by atoms with van der Waals surface area (Å²) in [5, 5.41) is 8.61. The summed E-state index contributed by atoms with van der Waals surface area (Å²) in [5.41, 5.74) is 2.15. The van der Waals surface area contributed by atoms with Crippen LogP contribution in [-0.4, -0.2) is 33.1 Å². The Morgan fingerprint density at radius 3 is 2.75 bits per heavy atom. The zero-order valence-corrected chi connectivity index (χ0v) is 12.8. The molecule has 0 unspecified atom stereocenters. The molecule has 0 N–H and O–H groups in total. The number of benzene rings is 1. The Morgan fingerprint density at radius 1 is 1.35 bits per heavy atom. The molecule has 1 aromatic heterocycles. The topological polar surface area (TPSA) is 57.0 Å². The van der Waals surface area contributed by atoms with Crippen molar-refractivity contribution in [2.45, 2.75) is 31.2 Å². The first kappa shape index (κ1) is 14.6. The third kappa shape index (κ3) is 3.01. The van der Waals surface area contributed by atoms with Crippen LogP contribution < -0.4 is 0 Å². The zero-order chi connectivity index (χ0) is 14.7. The maximum Gasteiger partial charge on any atom is 0.318 e. The molecule has 0 radical (unpaired) electrons. The Labute approximate surface area is 122 Å². The van der Waals surface area contributed by atoms with Crippen molar-refractivity contribution in [1.82, 2.24) is 14.8 Å². The fraction of sp³-hybridized carbons (Fsp3) is 0.357. The van der Waals surface area contributed by atoms with Gasteiger partial charge in [-0.2, -0.15) is 0 Å². The molecule has 6 heteroatoms. The lowest BCUT2D eigenvalue weighted by Gasteiger charge is -2.11. The Morgan fingerprint density at radius 2 is 2.10 bits per heavy atom. The summed E-state index contributed by atoms with van der Waals surface area (Å²) in [6.07, 6.45) is 0. The normalized spacial score (nSPS) is 12.2. The smallest absolute Gasteiger partial charge is 0.318 e. The minimum absolute atomic E-state index is 0.272. The second-order valence-electron chi connectivity index (χ2n) is 4.49. The van der Waals surface area contributed by atoms with Gasteiger partial charge in [-0.25, -0.2) is 0 Å². The molecule has 5 nitrogen and oxygen atoms in total. The van der Waals surface area contributed by atoms with Crippen molar-refractivity contribution < 1.29 is 9.53 Å². The van der Waals surface area contributed by atoms with Crippen molar-refractivity contribution in [3.05, 3.63) is 35.7 Å². The number of thioether (sulfide) groups is 1. The molecular formula is C14H17N3O2S. The molecule has 106 valence electrons. The van der Waals surface area contributed by atoms with Gasteiger partial charge in [-0.15, -0.1) is 10.2 Å². The average Bonchev–Trinajstić information content (AvgIpc) is 2.78. The largest absolute Gasteiger partial charge is 0.468 e. The Balaban J connectivity index is 2.35. The zero-order valence-electron chi connectivity index (χ0n) is 12.0. The number of aryl methyl sites for hydroxylation is 2. The average molecular weight is 291 g/mol. The van der Waals surface area contributed by atoms with E-state index >= 15 is 0 Å². The van der Waals surface area contributed by atoms with Crippen LogP contribution in [0.25, 0.3) is 5.69 Å². The standard InChI is InChI=1S/C14H17N3O2S/c1-9-6-5-7-12(8-9)17-11(3)15-16-14(17)20-10(2)13(18)19-4/h5-8,10H,1-4H3/t10-/m1/s1. The lowest BCUT2D eigenvalue weighted by Crippen LogP contribution is -2.15. The van der Waals surface area contributed by atoms with E-state index < -0.39 is 0 Å². The van der Waals surface area contributed by atoms with Crippen molar-refractivity contribution >= 4 is 17.7 Å². The number of aromatic nitrogens is 3. The van der Waals surface area contributed by atoms with Crippen molar-refractivity contribution in [1.29, 1.82) is 0 Å². The number of carbonyl (C=O) groups excluding carboxylic acids is 1. The van der Waals surface area contributed by atoms with Crippen LogP contribution in [0, 0.1) is 13.8 Å². The lowest BCUT2D eigenvalue weighted by molar-refractivity contribution is -0.139. The van der Waals surface area contributed by atoms with Crippen molar-refractivity contribution in [2.24, 2.45) is 0 Å². The highest BCUT2D eigenvalue weighted by Crippen LogP contribution is 2.26. The number of hydrogen-bond acceptors (Lipinski definition) is 5. The molecule has 2 rings (SSSR count). The fourth-order valence-electron chi connectivity index (χ4n) is 1.86. The molecule has 0 aliphatic carbocycles. The molecule has 0 fully saturated rings. The molecule has 0 spiro atoms. The van der Waals surface area contributed by atoms with E-state index in [1.807, 2.05) is 36.6 Å². The lowest BCUT2D eigenvalue weighted by atomic mass is 10.2. The molecule has 0 aliphatic rings. The molecule has 1 atom stereocenters. The van der Waals surface area contributed by atoms with E-state index in [0.29, 0.717) is 5.16 Å². The van der Waals surface area contributed by atoms with Gasteiger partial charge in [0.15, 0.2) is 5.16 Å². The van der Waals surface area contributed by atoms with Gasteiger partial charge in [0.1, 0.15) is 11.1 Å². The van der Waals surface area contributed by atoms with E-state index in [4.69, 9.17) is 4.74 Å². The predicted octanol–water partition coefficient (Wildman–Crippen LogP) is 2.54. The number of carbonyl (C=O) groups is 1. The van der Waals surface area contributed by atoms with Gasteiger partial charge in [0, 0.05) is 5.69 Å². The van der Waals surface area contributed by atoms with Gasteiger partial charge in [-0.05, 0) is 38.5 Å². The Kier molecular flexibility index (Phi) is 4.44.